The molecule has 0 atom stereocenters. The van der Waals surface area contributed by atoms with Crippen molar-refractivity contribution in [2.75, 3.05) is 11.1 Å². The highest BCUT2D eigenvalue weighted by atomic mass is 16.5. The summed E-state index contributed by atoms with van der Waals surface area (Å²) in [5, 5.41) is 3.26. The van der Waals surface area contributed by atoms with Crippen LogP contribution in [0.2, 0.25) is 0 Å². The van der Waals surface area contributed by atoms with E-state index in [0.717, 1.165) is 11.3 Å². The summed E-state index contributed by atoms with van der Waals surface area (Å²) >= 11 is 0. The zero-order valence-corrected chi connectivity index (χ0v) is 11.1. The van der Waals surface area contributed by atoms with E-state index in [9.17, 15) is 0 Å². The Hall–Kier alpha value is -2.30. The van der Waals surface area contributed by atoms with E-state index < -0.39 is 0 Å². The van der Waals surface area contributed by atoms with Gasteiger partial charge in [0.15, 0.2) is 0 Å². The second-order valence-electron chi connectivity index (χ2n) is 4.45. The number of nitrogens with one attached hydrogen (secondary N) is 1. The standard InChI is InChI=1S/C14H18N4O/c1-10(2)19-14-11(4-3-6-17-14)8-18-13-5-7-16-9-12(13)15/h3-7,9-10H,8,15H2,1-2H3,(H,16,18). The average molecular weight is 258 g/mol. The van der Waals surface area contributed by atoms with E-state index in [4.69, 9.17) is 10.5 Å². The van der Waals surface area contributed by atoms with Crippen LogP contribution in [-0.2, 0) is 6.54 Å². The first kappa shape index (κ1) is 13.1. The van der Waals surface area contributed by atoms with Crippen LogP contribution in [0, 0.1) is 0 Å². The molecule has 2 aromatic rings. The Kier molecular flexibility index (Phi) is 4.18. The molecule has 0 radical (unpaired) electrons. The van der Waals surface area contributed by atoms with Crippen molar-refractivity contribution in [2.45, 2.75) is 26.5 Å². The number of anilines is 2. The predicted octanol–water partition coefficient (Wildman–Crippen LogP) is 2.46. The SMILES string of the molecule is CC(C)Oc1ncccc1CNc1ccncc1N. The third-order valence-electron chi connectivity index (χ3n) is 2.52. The molecule has 0 saturated carbocycles. The van der Waals surface area contributed by atoms with Crippen molar-refractivity contribution in [1.29, 1.82) is 0 Å². The fourth-order valence-corrected chi connectivity index (χ4v) is 1.65. The van der Waals surface area contributed by atoms with Gasteiger partial charge in [0.2, 0.25) is 5.88 Å². The summed E-state index contributed by atoms with van der Waals surface area (Å²) in [6.07, 6.45) is 5.15. The molecule has 100 valence electrons. The maximum Gasteiger partial charge on any atom is 0.218 e. The molecule has 2 aromatic heterocycles. The van der Waals surface area contributed by atoms with Crippen molar-refractivity contribution in [3.05, 3.63) is 42.4 Å². The van der Waals surface area contributed by atoms with Crippen LogP contribution in [0.15, 0.2) is 36.8 Å². The van der Waals surface area contributed by atoms with Crippen LogP contribution in [-0.4, -0.2) is 16.1 Å². The highest BCUT2D eigenvalue weighted by Gasteiger charge is 2.07. The number of hydrogen-bond donors (Lipinski definition) is 2. The minimum atomic E-state index is 0.0969. The van der Waals surface area contributed by atoms with Crippen LogP contribution in [0.3, 0.4) is 0 Å². The lowest BCUT2D eigenvalue weighted by Gasteiger charge is -2.14. The van der Waals surface area contributed by atoms with E-state index in [1.54, 1.807) is 18.6 Å². The summed E-state index contributed by atoms with van der Waals surface area (Å²) in [6.45, 7) is 4.56. The molecule has 2 rings (SSSR count). The normalized spacial score (nSPS) is 10.5. The Morgan fingerprint density at radius 2 is 2.16 bits per heavy atom. The van der Waals surface area contributed by atoms with E-state index >= 15 is 0 Å². The molecule has 0 aliphatic heterocycles. The van der Waals surface area contributed by atoms with E-state index in [-0.39, 0.29) is 6.10 Å². The maximum absolute atomic E-state index is 5.83. The average Bonchev–Trinajstić information content (AvgIpc) is 2.39. The van der Waals surface area contributed by atoms with Crippen molar-refractivity contribution in [2.24, 2.45) is 0 Å². The Morgan fingerprint density at radius 3 is 2.89 bits per heavy atom. The summed E-state index contributed by atoms with van der Waals surface area (Å²) < 4.78 is 5.67. The first-order valence-corrected chi connectivity index (χ1v) is 6.20. The van der Waals surface area contributed by atoms with Crippen molar-refractivity contribution in [1.82, 2.24) is 9.97 Å². The van der Waals surface area contributed by atoms with Gasteiger partial charge in [0.05, 0.1) is 23.7 Å². The van der Waals surface area contributed by atoms with Crippen molar-refractivity contribution < 1.29 is 4.74 Å². The molecule has 0 aromatic carbocycles. The van der Waals surface area contributed by atoms with Crippen molar-refractivity contribution in [3.63, 3.8) is 0 Å². The van der Waals surface area contributed by atoms with Gasteiger partial charge in [0, 0.05) is 24.5 Å². The third-order valence-corrected chi connectivity index (χ3v) is 2.52. The fraction of sp³-hybridized carbons (Fsp3) is 0.286. The molecular weight excluding hydrogens is 240 g/mol. The van der Waals surface area contributed by atoms with Crippen LogP contribution in [0.4, 0.5) is 11.4 Å². The van der Waals surface area contributed by atoms with Crippen LogP contribution in [0.25, 0.3) is 0 Å². The van der Waals surface area contributed by atoms with Gasteiger partial charge in [-0.25, -0.2) is 4.98 Å². The molecule has 0 bridgehead atoms. The number of ether oxygens (including phenoxy) is 1. The van der Waals surface area contributed by atoms with E-state index in [1.165, 1.54) is 0 Å². The Bertz CT molecular complexity index is 542. The van der Waals surface area contributed by atoms with Gasteiger partial charge in [0.25, 0.3) is 0 Å². The first-order chi connectivity index (χ1) is 9.16. The minimum Gasteiger partial charge on any atom is -0.475 e. The topological polar surface area (TPSA) is 73.1 Å². The molecule has 0 unspecified atom stereocenters. The number of nitrogens with zero attached hydrogens (tertiary/aromatic N) is 2. The molecule has 0 aliphatic rings. The molecular formula is C14H18N4O. The Balaban J connectivity index is 2.09. The minimum absolute atomic E-state index is 0.0969. The smallest absolute Gasteiger partial charge is 0.218 e. The Labute approximate surface area is 112 Å². The molecule has 0 fully saturated rings. The largest absolute Gasteiger partial charge is 0.475 e. The number of hydrogen-bond acceptors (Lipinski definition) is 5. The van der Waals surface area contributed by atoms with E-state index in [1.807, 2.05) is 32.0 Å². The lowest BCUT2D eigenvalue weighted by molar-refractivity contribution is 0.230. The second kappa shape index (κ2) is 6.04. The quantitative estimate of drug-likeness (QED) is 0.861. The highest BCUT2D eigenvalue weighted by Crippen LogP contribution is 2.20. The lowest BCUT2D eigenvalue weighted by Crippen LogP contribution is -2.11. The molecule has 19 heavy (non-hydrogen) atoms. The lowest BCUT2D eigenvalue weighted by atomic mass is 10.2. The van der Waals surface area contributed by atoms with Crippen LogP contribution >= 0.6 is 0 Å². The number of nitrogen functional groups attached to an aromatic ring is 1. The van der Waals surface area contributed by atoms with Gasteiger partial charge in [0.1, 0.15) is 0 Å². The first-order valence-electron chi connectivity index (χ1n) is 6.20. The summed E-state index contributed by atoms with van der Waals surface area (Å²) in [7, 11) is 0. The van der Waals surface area contributed by atoms with Gasteiger partial charge in [-0.1, -0.05) is 6.07 Å². The van der Waals surface area contributed by atoms with Gasteiger partial charge < -0.3 is 15.8 Å². The maximum atomic E-state index is 5.83. The number of rotatable bonds is 5. The molecule has 0 aliphatic carbocycles. The number of pyridine rings is 2. The Morgan fingerprint density at radius 1 is 1.32 bits per heavy atom. The predicted molar refractivity (Wildman–Crippen MR) is 76.0 cm³/mol. The number of aromatic nitrogens is 2. The van der Waals surface area contributed by atoms with Crippen LogP contribution < -0.4 is 15.8 Å². The molecule has 0 saturated heterocycles. The molecule has 3 N–H and O–H groups in total. The summed E-state index contributed by atoms with van der Waals surface area (Å²) in [5.74, 6) is 0.651. The van der Waals surface area contributed by atoms with Crippen molar-refractivity contribution in [3.8, 4) is 5.88 Å². The molecule has 5 nitrogen and oxygen atoms in total. The monoisotopic (exact) mass is 258 g/mol. The summed E-state index contributed by atoms with van der Waals surface area (Å²) in [4.78, 5) is 8.20. The van der Waals surface area contributed by atoms with Gasteiger partial charge in [-0.05, 0) is 26.0 Å². The summed E-state index contributed by atoms with van der Waals surface area (Å²) in [5.41, 5.74) is 8.30. The van der Waals surface area contributed by atoms with Gasteiger partial charge in [-0.3, -0.25) is 4.98 Å². The zero-order valence-electron chi connectivity index (χ0n) is 11.1. The fourth-order valence-electron chi connectivity index (χ4n) is 1.65. The zero-order chi connectivity index (χ0) is 13.7. The molecule has 0 spiro atoms. The van der Waals surface area contributed by atoms with E-state index in [0.29, 0.717) is 18.1 Å². The molecule has 0 amide bonds. The number of nitrogens with two attached hydrogens (primary N) is 1. The second-order valence-corrected chi connectivity index (χ2v) is 4.45. The van der Waals surface area contributed by atoms with Crippen molar-refractivity contribution >= 4 is 11.4 Å². The third kappa shape index (κ3) is 3.58. The summed E-state index contributed by atoms with van der Waals surface area (Å²) in [6, 6.07) is 5.71. The molecule has 5 heteroatoms. The van der Waals surface area contributed by atoms with Gasteiger partial charge >= 0.3 is 0 Å². The van der Waals surface area contributed by atoms with Gasteiger partial charge in [-0.15, -0.1) is 0 Å². The molecule has 2 heterocycles. The van der Waals surface area contributed by atoms with Crippen LogP contribution in [0.5, 0.6) is 5.88 Å². The highest BCUT2D eigenvalue weighted by molar-refractivity contribution is 5.64. The van der Waals surface area contributed by atoms with Crippen LogP contribution in [0.1, 0.15) is 19.4 Å². The van der Waals surface area contributed by atoms with E-state index in [2.05, 4.69) is 15.3 Å². The van der Waals surface area contributed by atoms with Gasteiger partial charge in [-0.2, -0.15) is 0 Å².